The molecule has 0 bridgehead atoms. The Balaban J connectivity index is 1.84. The number of hydrogen-bond donors (Lipinski definition) is 2. The summed E-state index contributed by atoms with van der Waals surface area (Å²) >= 11 is 0. The lowest BCUT2D eigenvalue weighted by Crippen LogP contribution is -2.32. The number of primary amides is 1. The number of hydrogen-bond acceptors (Lipinski definition) is 6. The molecule has 1 aromatic heterocycles. The van der Waals surface area contributed by atoms with Crippen molar-refractivity contribution in [1.29, 1.82) is 0 Å². The molecule has 9 heteroatoms. The summed E-state index contributed by atoms with van der Waals surface area (Å²) in [5.41, 5.74) is 6.70. The van der Waals surface area contributed by atoms with Gasteiger partial charge in [0.15, 0.2) is 5.82 Å². The van der Waals surface area contributed by atoms with Crippen molar-refractivity contribution in [2.45, 2.75) is 20.0 Å². The van der Waals surface area contributed by atoms with E-state index in [2.05, 4.69) is 15.4 Å². The van der Waals surface area contributed by atoms with E-state index in [1.165, 1.54) is 0 Å². The second-order valence-electron chi connectivity index (χ2n) is 6.66. The monoisotopic (exact) mass is 411 g/mol. The summed E-state index contributed by atoms with van der Waals surface area (Å²) in [6, 6.07) is 14.7. The van der Waals surface area contributed by atoms with E-state index >= 15 is 0 Å². The molecule has 2 amide bonds. The van der Waals surface area contributed by atoms with Crippen LogP contribution in [0.3, 0.4) is 0 Å². The average molecular weight is 411 g/mol. The molecule has 0 aliphatic heterocycles. The summed E-state index contributed by atoms with van der Waals surface area (Å²) in [6.07, 6.45) is -0.0469. The second kappa shape index (κ2) is 9.64. The van der Waals surface area contributed by atoms with E-state index in [4.69, 9.17) is 19.9 Å². The number of carbonyl (C=O) groups excluding carboxylic acids is 1. The molecule has 0 unspecified atom stereocenters. The van der Waals surface area contributed by atoms with Crippen LogP contribution in [-0.4, -0.2) is 47.2 Å². The van der Waals surface area contributed by atoms with Crippen molar-refractivity contribution >= 4 is 6.03 Å². The van der Waals surface area contributed by atoms with Gasteiger partial charge in [-0.25, -0.2) is 9.48 Å². The van der Waals surface area contributed by atoms with Crippen molar-refractivity contribution in [2.75, 3.05) is 20.3 Å². The van der Waals surface area contributed by atoms with Crippen LogP contribution in [-0.2, 0) is 0 Å². The van der Waals surface area contributed by atoms with Crippen LogP contribution in [0.15, 0.2) is 48.5 Å². The molecular weight excluding hydrogens is 386 g/mol. The largest absolute Gasteiger partial charge is 0.497 e. The quantitative estimate of drug-likeness (QED) is 0.524. The van der Waals surface area contributed by atoms with Crippen LogP contribution in [0.4, 0.5) is 4.79 Å². The Morgan fingerprint density at radius 3 is 2.37 bits per heavy atom. The van der Waals surface area contributed by atoms with Crippen LogP contribution < -0.4 is 25.3 Å². The first-order chi connectivity index (χ1) is 14.5. The lowest BCUT2D eigenvalue weighted by Gasteiger charge is -2.09. The number of benzene rings is 2. The van der Waals surface area contributed by atoms with Crippen LogP contribution in [0.1, 0.15) is 13.8 Å². The van der Waals surface area contributed by atoms with E-state index in [0.29, 0.717) is 30.7 Å². The molecule has 0 fully saturated rings. The summed E-state index contributed by atoms with van der Waals surface area (Å²) in [5.74, 6) is 2.06. The van der Waals surface area contributed by atoms with Gasteiger partial charge in [0.25, 0.3) is 0 Å². The highest BCUT2D eigenvalue weighted by atomic mass is 16.5. The molecular formula is C21H25N5O4. The van der Waals surface area contributed by atoms with E-state index < -0.39 is 6.03 Å². The van der Waals surface area contributed by atoms with Gasteiger partial charge in [-0.1, -0.05) is 0 Å². The molecule has 0 saturated heterocycles. The number of nitrogens with one attached hydrogen (secondary N) is 1. The lowest BCUT2D eigenvalue weighted by molar-refractivity contribution is 0.222. The lowest BCUT2D eigenvalue weighted by atomic mass is 10.2. The summed E-state index contributed by atoms with van der Waals surface area (Å²) in [7, 11) is 1.62. The van der Waals surface area contributed by atoms with Gasteiger partial charge in [-0.05, 0) is 62.4 Å². The maximum atomic E-state index is 10.7. The van der Waals surface area contributed by atoms with Crippen molar-refractivity contribution in [1.82, 2.24) is 20.1 Å². The third kappa shape index (κ3) is 5.40. The van der Waals surface area contributed by atoms with Gasteiger partial charge in [0.05, 0.1) is 25.4 Å². The number of aromatic nitrogens is 3. The minimum atomic E-state index is -0.578. The normalized spacial score (nSPS) is 10.7. The van der Waals surface area contributed by atoms with Gasteiger partial charge in [0.2, 0.25) is 0 Å². The number of nitrogens with zero attached hydrogens (tertiary/aromatic N) is 3. The first-order valence-electron chi connectivity index (χ1n) is 9.51. The van der Waals surface area contributed by atoms with Crippen LogP contribution in [0.2, 0.25) is 0 Å². The third-order valence-electron chi connectivity index (χ3n) is 4.03. The number of urea groups is 1. The summed E-state index contributed by atoms with van der Waals surface area (Å²) in [4.78, 5) is 15.2. The maximum absolute atomic E-state index is 10.7. The molecule has 0 aliphatic carbocycles. The number of carbonyl (C=O) groups is 1. The van der Waals surface area contributed by atoms with Crippen LogP contribution >= 0.6 is 0 Å². The highest BCUT2D eigenvalue weighted by Crippen LogP contribution is 2.26. The van der Waals surface area contributed by atoms with Gasteiger partial charge < -0.3 is 25.3 Å². The topological polar surface area (TPSA) is 114 Å². The van der Waals surface area contributed by atoms with Gasteiger partial charge in [0, 0.05) is 5.56 Å². The molecule has 1 heterocycles. The van der Waals surface area contributed by atoms with Gasteiger partial charge in [0.1, 0.15) is 18.1 Å². The molecule has 9 nitrogen and oxygen atoms in total. The minimum absolute atomic E-state index is 0.0469. The van der Waals surface area contributed by atoms with E-state index in [9.17, 15) is 4.79 Å². The van der Waals surface area contributed by atoms with Crippen molar-refractivity contribution in [2.24, 2.45) is 5.73 Å². The van der Waals surface area contributed by atoms with Crippen molar-refractivity contribution in [3.05, 3.63) is 48.5 Å². The number of ether oxygens (including phenoxy) is 3. The molecule has 0 radical (unpaired) electrons. The number of nitrogens with two attached hydrogens (primary N) is 1. The van der Waals surface area contributed by atoms with E-state index in [1.807, 2.05) is 62.4 Å². The molecule has 0 spiro atoms. The Bertz CT molecular complexity index is 968. The van der Waals surface area contributed by atoms with Gasteiger partial charge in [-0.2, -0.15) is 4.98 Å². The summed E-state index contributed by atoms with van der Waals surface area (Å²) in [6.45, 7) is 4.50. The first-order valence-corrected chi connectivity index (χ1v) is 9.51. The van der Waals surface area contributed by atoms with E-state index in [-0.39, 0.29) is 6.10 Å². The molecule has 3 rings (SSSR count). The zero-order valence-electron chi connectivity index (χ0n) is 17.2. The number of rotatable bonds is 9. The Kier molecular flexibility index (Phi) is 6.74. The molecule has 0 atom stereocenters. The molecule has 0 aliphatic rings. The van der Waals surface area contributed by atoms with E-state index in [1.54, 1.807) is 11.8 Å². The number of methoxy groups -OCH3 is 1. The zero-order chi connectivity index (χ0) is 21.5. The second-order valence-corrected chi connectivity index (χ2v) is 6.66. The van der Waals surface area contributed by atoms with Crippen LogP contribution in [0, 0.1) is 0 Å². The minimum Gasteiger partial charge on any atom is -0.497 e. The molecule has 2 aromatic carbocycles. The van der Waals surface area contributed by atoms with Crippen LogP contribution in [0.5, 0.6) is 17.5 Å². The predicted octanol–water partition coefficient (Wildman–Crippen LogP) is 2.78. The predicted molar refractivity (Wildman–Crippen MR) is 112 cm³/mol. The first kappa shape index (κ1) is 21.0. The Labute approximate surface area is 174 Å². The number of amides is 2. The molecule has 3 N–H and O–H groups in total. The maximum Gasteiger partial charge on any atom is 0.336 e. The highest BCUT2D eigenvalue weighted by molar-refractivity contribution is 5.71. The SMILES string of the molecule is COc1ccc(-n2nc(OC(C)C)nc2-c2ccc(OCCNC(N)=O)cc2)cc1. The van der Waals surface area contributed by atoms with Gasteiger partial charge in [-0.3, -0.25) is 0 Å². The van der Waals surface area contributed by atoms with Crippen LogP contribution in [0.25, 0.3) is 17.1 Å². The molecule has 0 saturated carbocycles. The fraction of sp³-hybridized carbons (Fsp3) is 0.286. The zero-order valence-corrected chi connectivity index (χ0v) is 17.2. The summed E-state index contributed by atoms with van der Waals surface area (Å²) in [5, 5.41) is 6.99. The Morgan fingerprint density at radius 2 is 1.77 bits per heavy atom. The molecule has 3 aromatic rings. The molecule has 30 heavy (non-hydrogen) atoms. The van der Waals surface area contributed by atoms with Crippen molar-refractivity contribution < 1.29 is 19.0 Å². The highest BCUT2D eigenvalue weighted by Gasteiger charge is 2.16. The Hall–Kier alpha value is -3.75. The standard InChI is InChI=1S/C21H25N5O4/c1-14(2)30-21-24-19(26(25-21)16-6-10-17(28-3)11-7-16)15-4-8-18(9-5-15)29-13-12-23-20(22)27/h4-11,14H,12-13H2,1-3H3,(H3,22,23,27). The average Bonchev–Trinajstić information content (AvgIpc) is 3.14. The third-order valence-corrected chi connectivity index (χ3v) is 4.03. The van der Waals surface area contributed by atoms with Crippen molar-refractivity contribution in [3.8, 4) is 34.6 Å². The van der Waals surface area contributed by atoms with E-state index in [0.717, 1.165) is 17.0 Å². The fourth-order valence-corrected chi connectivity index (χ4v) is 2.69. The smallest absolute Gasteiger partial charge is 0.336 e. The van der Waals surface area contributed by atoms with Crippen molar-refractivity contribution in [3.63, 3.8) is 0 Å². The molecule has 158 valence electrons. The van der Waals surface area contributed by atoms with Gasteiger partial charge >= 0.3 is 12.0 Å². The Morgan fingerprint density at radius 1 is 1.10 bits per heavy atom. The fourth-order valence-electron chi connectivity index (χ4n) is 2.69. The summed E-state index contributed by atoms with van der Waals surface area (Å²) < 4.78 is 18.2. The van der Waals surface area contributed by atoms with Gasteiger partial charge in [-0.15, -0.1) is 5.10 Å².